The summed E-state index contributed by atoms with van der Waals surface area (Å²) in [6.45, 7) is 7.31. The third kappa shape index (κ3) is 4.32. The van der Waals surface area contributed by atoms with Gasteiger partial charge in [-0.3, -0.25) is 4.68 Å². The molecule has 3 nitrogen and oxygen atoms in total. The maximum absolute atomic E-state index is 6.03. The number of benzene rings is 1. The van der Waals surface area contributed by atoms with Gasteiger partial charge >= 0.3 is 0 Å². The first-order valence-electron chi connectivity index (χ1n) is 7.66. The molecule has 114 valence electrons. The molecule has 1 N–H and O–H groups in total. The SMILES string of the molecule is CCC(CC)n1ccc(CN[C@H](C)c2cccc(Cl)c2)n1. The lowest BCUT2D eigenvalue weighted by molar-refractivity contribution is 0.423. The molecule has 1 atom stereocenters. The van der Waals surface area contributed by atoms with Gasteiger partial charge in [0.05, 0.1) is 11.7 Å². The summed E-state index contributed by atoms with van der Waals surface area (Å²) < 4.78 is 2.08. The van der Waals surface area contributed by atoms with Gasteiger partial charge in [0.25, 0.3) is 0 Å². The number of nitrogens with one attached hydrogen (secondary N) is 1. The molecule has 0 aliphatic heterocycles. The van der Waals surface area contributed by atoms with Crippen LogP contribution in [0.5, 0.6) is 0 Å². The Hall–Kier alpha value is -1.32. The Kier molecular flexibility index (Phi) is 5.83. The molecule has 4 heteroatoms. The summed E-state index contributed by atoms with van der Waals surface area (Å²) in [6, 6.07) is 10.8. The smallest absolute Gasteiger partial charge is 0.0762 e. The molecule has 0 aliphatic rings. The highest BCUT2D eigenvalue weighted by Gasteiger charge is 2.09. The summed E-state index contributed by atoms with van der Waals surface area (Å²) in [5.74, 6) is 0. The van der Waals surface area contributed by atoms with Crippen molar-refractivity contribution in [2.45, 2.75) is 52.2 Å². The van der Waals surface area contributed by atoms with E-state index in [1.165, 1.54) is 5.56 Å². The molecule has 21 heavy (non-hydrogen) atoms. The van der Waals surface area contributed by atoms with Crippen LogP contribution >= 0.6 is 11.6 Å². The van der Waals surface area contributed by atoms with E-state index in [1.807, 2.05) is 18.2 Å². The summed E-state index contributed by atoms with van der Waals surface area (Å²) in [5.41, 5.74) is 2.28. The van der Waals surface area contributed by atoms with Crippen LogP contribution in [-0.2, 0) is 6.54 Å². The maximum atomic E-state index is 6.03. The van der Waals surface area contributed by atoms with Gasteiger partial charge in [0, 0.05) is 23.8 Å². The molecule has 0 radical (unpaired) electrons. The third-order valence-electron chi connectivity index (χ3n) is 3.92. The Balaban J connectivity index is 1.94. The molecule has 0 saturated carbocycles. The predicted molar refractivity (Wildman–Crippen MR) is 88.6 cm³/mol. The van der Waals surface area contributed by atoms with E-state index in [0.29, 0.717) is 6.04 Å². The second kappa shape index (κ2) is 7.62. The first-order chi connectivity index (χ1) is 10.1. The van der Waals surface area contributed by atoms with Gasteiger partial charge in [0.2, 0.25) is 0 Å². The van der Waals surface area contributed by atoms with E-state index in [4.69, 9.17) is 11.6 Å². The molecule has 0 unspecified atom stereocenters. The summed E-state index contributed by atoms with van der Waals surface area (Å²) in [6.07, 6.45) is 4.31. The van der Waals surface area contributed by atoms with E-state index < -0.39 is 0 Å². The van der Waals surface area contributed by atoms with Crippen LogP contribution in [-0.4, -0.2) is 9.78 Å². The van der Waals surface area contributed by atoms with Gasteiger partial charge in [-0.05, 0) is 43.5 Å². The Labute approximate surface area is 132 Å². The molecule has 0 saturated heterocycles. The van der Waals surface area contributed by atoms with Crippen LogP contribution in [0.15, 0.2) is 36.5 Å². The lowest BCUT2D eigenvalue weighted by Crippen LogP contribution is -2.18. The summed E-state index contributed by atoms with van der Waals surface area (Å²) in [4.78, 5) is 0. The summed E-state index contributed by atoms with van der Waals surface area (Å²) >= 11 is 6.03. The number of hydrogen-bond acceptors (Lipinski definition) is 2. The van der Waals surface area contributed by atoms with Crippen molar-refractivity contribution in [1.82, 2.24) is 15.1 Å². The van der Waals surface area contributed by atoms with Crippen LogP contribution < -0.4 is 5.32 Å². The fraction of sp³-hybridized carbons (Fsp3) is 0.471. The van der Waals surface area contributed by atoms with Crippen molar-refractivity contribution in [3.63, 3.8) is 0 Å². The van der Waals surface area contributed by atoms with Crippen LogP contribution in [0.1, 0.15) is 57.0 Å². The predicted octanol–water partition coefficient (Wildman–Crippen LogP) is 4.75. The highest BCUT2D eigenvalue weighted by Crippen LogP contribution is 2.18. The molecule has 1 heterocycles. The highest BCUT2D eigenvalue weighted by atomic mass is 35.5. The molecule has 0 aliphatic carbocycles. The molecule has 0 spiro atoms. The average Bonchev–Trinajstić information content (AvgIpc) is 2.95. The first kappa shape index (κ1) is 16.1. The Morgan fingerprint density at radius 1 is 1.24 bits per heavy atom. The molecule has 0 amide bonds. The van der Waals surface area contributed by atoms with E-state index in [9.17, 15) is 0 Å². The van der Waals surface area contributed by atoms with Crippen molar-refractivity contribution in [2.75, 3.05) is 0 Å². The van der Waals surface area contributed by atoms with Crippen LogP contribution in [0.25, 0.3) is 0 Å². The number of rotatable bonds is 7. The average molecular weight is 306 g/mol. The second-order valence-corrected chi connectivity index (χ2v) is 5.85. The van der Waals surface area contributed by atoms with Gasteiger partial charge in [-0.15, -0.1) is 0 Å². The Morgan fingerprint density at radius 3 is 2.67 bits per heavy atom. The summed E-state index contributed by atoms with van der Waals surface area (Å²) in [7, 11) is 0. The molecular weight excluding hydrogens is 282 g/mol. The van der Waals surface area contributed by atoms with Crippen molar-refractivity contribution in [2.24, 2.45) is 0 Å². The lowest BCUT2D eigenvalue weighted by Gasteiger charge is -2.14. The molecular formula is C17H24ClN3. The van der Waals surface area contributed by atoms with Crippen LogP contribution in [0, 0.1) is 0 Å². The van der Waals surface area contributed by atoms with Gasteiger partial charge in [-0.2, -0.15) is 5.10 Å². The second-order valence-electron chi connectivity index (χ2n) is 5.42. The van der Waals surface area contributed by atoms with Crippen molar-refractivity contribution < 1.29 is 0 Å². The number of aromatic nitrogens is 2. The number of halogens is 1. The van der Waals surface area contributed by atoms with Crippen molar-refractivity contribution in [1.29, 1.82) is 0 Å². The van der Waals surface area contributed by atoms with Crippen LogP contribution in [0.3, 0.4) is 0 Å². The largest absolute Gasteiger partial charge is 0.304 e. The summed E-state index contributed by atoms with van der Waals surface area (Å²) in [5, 5.41) is 8.94. The minimum atomic E-state index is 0.252. The molecule has 2 aromatic rings. The Morgan fingerprint density at radius 2 is 2.00 bits per heavy atom. The van der Waals surface area contributed by atoms with E-state index in [0.717, 1.165) is 30.1 Å². The van der Waals surface area contributed by atoms with Crippen LogP contribution in [0.4, 0.5) is 0 Å². The maximum Gasteiger partial charge on any atom is 0.0762 e. The van der Waals surface area contributed by atoms with Gasteiger partial charge < -0.3 is 5.32 Å². The normalized spacial score (nSPS) is 12.8. The van der Waals surface area contributed by atoms with E-state index >= 15 is 0 Å². The minimum Gasteiger partial charge on any atom is -0.304 e. The van der Waals surface area contributed by atoms with E-state index in [2.05, 4.69) is 54.2 Å². The van der Waals surface area contributed by atoms with Gasteiger partial charge in [0.1, 0.15) is 0 Å². The molecule has 2 rings (SSSR count). The fourth-order valence-corrected chi connectivity index (χ4v) is 2.69. The monoisotopic (exact) mass is 305 g/mol. The first-order valence-corrected chi connectivity index (χ1v) is 8.04. The lowest BCUT2D eigenvalue weighted by atomic mass is 10.1. The van der Waals surface area contributed by atoms with Gasteiger partial charge in [-0.1, -0.05) is 37.6 Å². The third-order valence-corrected chi connectivity index (χ3v) is 4.15. The zero-order valence-electron chi connectivity index (χ0n) is 13.0. The topological polar surface area (TPSA) is 29.9 Å². The molecule has 0 fully saturated rings. The molecule has 1 aromatic heterocycles. The van der Waals surface area contributed by atoms with Crippen molar-refractivity contribution in [3.8, 4) is 0 Å². The number of nitrogens with zero attached hydrogens (tertiary/aromatic N) is 2. The zero-order chi connectivity index (χ0) is 15.2. The Bertz CT molecular complexity index is 561. The van der Waals surface area contributed by atoms with Crippen molar-refractivity contribution in [3.05, 3.63) is 52.8 Å². The zero-order valence-corrected chi connectivity index (χ0v) is 13.8. The van der Waals surface area contributed by atoms with E-state index in [-0.39, 0.29) is 6.04 Å². The fourth-order valence-electron chi connectivity index (χ4n) is 2.49. The van der Waals surface area contributed by atoms with Gasteiger partial charge in [-0.25, -0.2) is 0 Å². The number of hydrogen-bond donors (Lipinski definition) is 1. The standard InChI is InChI=1S/C17H24ClN3/c1-4-17(5-2)21-10-9-16(20-21)12-19-13(3)14-7-6-8-15(18)11-14/h6-11,13,17,19H,4-5,12H2,1-3H3/t13-/m1/s1. The van der Waals surface area contributed by atoms with Crippen LogP contribution in [0.2, 0.25) is 5.02 Å². The quantitative estimate of drug-likeness (QED) is 0.800. The van der Waals surface area contributed by atoms with Gasteiger partial charge in [0.15, 0.2) is 0 Å². The van der Waals surface area contributed by atoms with Crippen molar-refractivity contribution >= 4 is 11.6 Å². The molecule has 1 aromatic carbocycles. The molecule has 0 bridgehead atoms. The highest BCUT2D eigenvalue weighted by molar-refractivity contribution is 6.30. The van der Waals surface area contributed by atoms with E-state index in [1.54, 1.807) is 0 Å². The minimum absolute atomic E-state index is 0.252.